The number of aliphatic hydroxyl groups is 1. The van der Waals surface area contributed by atoms with Gasteiger partial charge in [0.2, 0.25) is 0 Å². The average molecular weight is 345 g/mol. The number of rotatable bonds is 5. The van der Waals surface area contributed by atoms with E-state index in [4.69, 9.17) is 4.63 Å². The van der Waals surface area contributed by atoms with E-state index in [0.29, 0.717) is 17.6 Å². The van der Waals surface area contributed by atoms with Crippen molar-refractivity contribution in [3.05, 3.63) is 77.9 Å². The Bertz CT molecular complexity index is 1030. The van der Waals surface area contributed by atoms with Crippen molar-refractivity contribution in [2.45, 2.75) is 19.6 Å². The predicted octanol–water partition coefficient (Wildman–Crippen LogP) is 4.56. The third-order valence-electron chi connectivity index (χ3n) is 4.39. The standard InChI is InChI=1S/C21H19N3O2/c1-14(25)16-8-5-9-17(10-16)18-11-19(21-20(12-18)23-26-24-21)22-13-15-6-3-2-4-7-15/h2-12,14,22,25H,13H2,1H3. The molecule has 0 bridgehead atoms. The van der Waals surface area contributed by atoms with Crippen molar-refractivity contribution in [3.63, 3.8) is 0 Å². The molecule has 1 heterocycles. The molecule has 0 spiro atoms. The van der Waals surface area contributed by atoms with Crippen LogP contribution in [0.2, 0.25) is 0 Å². The predicted molar refractivity (Wildman–Crippen MR) is 102 cm³/mol. The minimum absolute atomic E-state index is 0.511. The molecule has 4 aromatic rings. The molecule has 0 radical (unpaired) electrons. The Morgan fingerprint density at radius 2 is 1.81 bits per heavy atom. The van der Waals surface area contributed by atoms with Crippen LogP contribution >= 0.6 is 0 Å². The van der Waals surface area contributed by atoms with Gasteiger partial charge in [-0.25, -0.2) is 4.63 Å². The molecule has 3 aromatic carbocycles. The minimum atomic E-state index is -0.511. The van der Waals surface area contributed by atoms with E-state index in [2.05, 4.69) is 27.8 Å². The van der Waals surface area contributed by atoms with Gasteiger partial charge in [0.05, 0.1) is 11.8 Å². The van der Waals surface area contributed by atoms with E-state index in [-0.39, 0.29) is 0 Å². The monoisotopic (exact) mass is 345 g/mol. The lowest BCUT2D eigenvalue weighted by atomic mass is 10.00. The molecule has 5 nitrogen and oxygen atoms in total. The van der Waals surface area contributed by atoms with Crippen molar-refractivity contribution >= 4 is 16.7 Å². The maximum Gasteiger partial charge on any atom is 0.158 e. The van der Waals surface area contributed by atoms with Gasteiger partial charge in [-0.2, -0.15) is 0 Å². The minimum Gasteiger partial charge on any atom is -0.389 e. The largest absolute Gasteiger partial charge is 0.389 e. The molecule has 1 unspecified atom stereocenters. The summed E-state index contributed by atoms with van der Waals surface area (Å²) in [4.78, 5) is 0. The summed E-state index contributed by atoms with van der Waals surface area (Å²) in [5.41, 5.74) is 6.32. The summed E-state index contributed by atoms with van der Waals surface area (Å²) in [6, 6.07) is 22.0. The summed E-state index contributed by atoms with van der Waals surface area (Å²) >= 11 is 0. The van der Waals surface area contributed by atoms with Crippen LogP contribution in [-0.4, -0.2) is 15.4 Å². The maximum atomic E-state index is 9.85. The molecule has 2 N–H and O–H groups in total. The fourth-order valence-electron chi connectivity index (χ4n) is 2.96. The highest BCUT2D eigenvalue weighted by Gasteiger charge is 2.12. The zero-order valence-corrected chi connectivity index (χ0v) is 14.4. The average Bonchev–Trinajstić information content (AvgIpc) is 3.16. The number of nitrogens with one attached hydrogen (secondary N) is 1. The first kappa shape index (κ1) is 16.3. The van der Waals surface area contributed by atoms with Crippen LogP contribution in [0.1, 0.15) is 24.2 Å². The molecule has 0 amide bonds. The number of anilines is 1. The van der Waals surface area contributed by atoms with Gasteiger partial charge in [0.15, 0.2) is 5.52 Å². The van der Waals surface area contributed by atoms with Gasteiger partial charge in [-0.15, -0.1) is 0 Å². The van der Waals surface area contributed by atoms with Gasteiger partial charge in [0, 0.05) is 6.54 Å². The number of aromatic nitrogens is 2. The Morgan fingerprint density at radius 1 is 0.962 bits per heavy atom. The number of nitrogens with zero attached hydrogens (tertiary/aromatic N) is 2. The molecular formula is C21H19N3O2. The molecule has 26 heavy (non-hydrogen) atoms. The second kappa shape index (κ2) is 6.98. The van der Waals surface area contributed by atoms with Gasteiger partial charge in [-0.05, 0) is 57.7 Å². The summed E-state index contributed by atoms with van der Waals surface area (Å²) in [6.07, 6.45) is -0.511. The first-order valence-corrected chi connectivity index (χ1v) is 8.53. The number of benzene rings is 3. The van der Waals surface area contributed by atoms with Crippen molar-refractivity contribution in [2.24, 2.45) is 0 Å². The van der Waals surface area contributed by atoms with Gasteiger partial charge in [-0.3, -0.25) is 0 Å². The zero-order valence-electron chi connectivity index (χ0n) is 14.4. The summed E-state index contributed by atoms with van der Waals surface area (Å²) < 4.78 is 4.93. The van der Waals surface area contributed by atoms with Gasteiger partial charge in [0.1, 0.15) is 5.52 Å². The number of fused-ring (bicyclic) bond motifs is 1. The zero-order chi connectivity index (χ0) is 17.9. The van der Waals surface area contributed by atoms with Crippen molar-refractivity contribution in [2.75, 3.05) is 5.32 Å². The van der Waals surface area contributed by atoms with Crippen LogP contribution in [-0.2, 0) is 6.54 Å². The smallest absolute Gasteiger partial charge is 0.158 e. The third-order valence-corrected chi connectivity index (χ3v) is 4.39. The van der Waals surface area contributed by atoms with Crippen LogP contribution in [0.5, 0.6) is 0 Å². The third kappa shape index (κ3) is 3.30. The molecule has 5 heteroatoms. The van der Waals surface area contributed by atoms with Crippen LogP contribution in [0, 0.1) is 0 Å². The van der Waals surface area contributed by atoms with E-state index in [0.717, 1.165) is 22.4 Å². The van der Waals surface area contributed by atoms with Crippen LogP contribution in [0.25, 0.3) is 22.2 Å². The van der Waals surface area contributed by atoms with Gasteiger partial charge < -0.3 is 10.4 Å². The molecule has 0 saturated heterocycles. The summed E-state index contributed by atoms with van der Waals surface area (Å²) in [5, 5.41) is 21.3. The van der Waals surface area contributed by atoms with E-state index < -0.39 is 6.10 Å². The summed E-state index contributed by atoms with van der Waals surface area (Å²) in [5.74, 6) is 0. The number of aliphatic hydroxyl groups excluding tert-OH is 1. The fourth-order valence-corrected chi connectivity index (χ4v) is 2.96. The van der Waals surface area contributed by atoms with Crippen molar-refractivity contribution in [3.8, 4) is 11.1 Å². The normalized spacial score (nSPS) is 12.2. The highest BCUT2D eigenvalue weighted by atomic mass is 16.6. The lowest BCUT2D eigenvalue weighted by molar-refractivity contribution is 0.199. The van der Waals surface area contributed by atoms with E-state index >= 15 is 0 Å². The van der Waals surface area contributed by atoms with Crippen LogP contribution < -0.4 is 5.32 Å². The lowest BCUT2D eigenvalue weighted by Crippen LogP contribution is -2.00. The molecule has 4 rings (SSSR count). The van der Waals surface area contributed by atoms with Gasteiger partial charge in [0.25, 0.3) is 0 Å². The topological polar surface area (TPSA) is 71.2 Å². The maximum absolute atomic E-state index is 9.85. The Labute approximate surface area is 151 Å². The Hall–Kier alpha value is -3.18. The van der Waals surface area contributed by atoms with E-state index in [9.17, 15) is 5.11 Å². The first-order chi connectivity index (χ1) is 12.7. The SMILES string of the molecule is CC(O)c1cccc(-c2cc(NCc3ccccc3)c3nonc3c2)c1. The molecule has 0 fully saturated rings. The van der Waals surface area contributed by atoms with E-state index in [1.54, 1.807) is 6.92 Å². The first-order valence-electron chi connectivity index (χ1n) is 8.53. The lowest BCUT2D eigenvalue weighted by Gasteiger charge is -2.11. The van der Waals surface area contributed by atoms with Crippen LogP contribution in [0.3, 0.4) is 0 Å². The van der Waals surface area contributed by atoms with E-state index in [1.165, 1.54) is 5.56 Å². The number of hydrogen-bond donors (Lipinski definition) is 2. The highest BCUT2D eigenvalue weighted by Crippen LogP contribution is 2.31. The highest BCUT2D eigenvalue weighted by molar-refractivity contribution is 5.92. The molecule has 130 valence electrons. The van der Waals surface area contributed by atoms with Crippen LogP contribution in [0.15, 0.2) is 71.4 Å². The van der Waals surface area contributed by atoms with Crippen molar-refractivity contribution < 1.29 is 9.74 Å². The molecule has 0 aliphatic carbocycles. The number of hydrogen-bond acceptors (Lipinski definition) is 5. The Morgan fingerprint density at radius 3 is 2.62 bits per heavy atom. The second-order valence-corrected chi connectivity index (χ2v) is 6.30. The summed E-state index contributed by atoms with van der Waals surface area (Å²) in [6.45, 7) is 2.44. The van der Waals surface area contributed by atoms with Gasteiger partial charge >= 0.3 is 0 Å². The fraction of sp³-hybridized carbons (Fsp3) is 0.143. The molecule has 1 atom stereocenters. The quantitative estimate of drug-likeness (QED) is 0.555. The Balaban J connectivity index is 1.71. The van der Waals surface area contributed by atoms with Crippen LogP contribution in [0.4, 0.5) is 5.69 Å². The van der Waals surface area contributed by atoms with Crippen molar-refractivity contribution in [1.82, 2.24) is 10.3 Å². The van der Waals surface area contributed by atoms with Crippen molar-refractivity contribution in [1.29, 1.82) is 0 Å². The Kier molecular flexibility index (Phi) is 4.37. The molecule has 0 aliphatic heterocycles. The molecule has 0 saturated carbocycles. The second-order valence-electron chi connectivity index (χ2n) is 6.30. The van der Waals surface area contributed by atoms with E-state index in [1.807, 2.05) is 54.6 Å². The molecule has 0 aliphatic rings. The molecule has 1 aromatic heterocycles. The van der Waals surface area contributed by atoms with Gasteiger partial charge in [-0.1, -0.05) is 48.5 Å². The summed E-state index contributed by atoms with van der Waals surface area (Å²) in [7, 11) is 0. The molecular weight excluding hydrogens is 326 g/mol.